The van der Waals surface area contributed by atoms with Crippen LogP contribution in [0.1, 0.15) is 24.0 Å². The van der Waals surface area contributed by atoms with Crippen LogP contribution in [-0.2, 0) is 7.05 Å². The van der Waals surface area contributed by atoms with Gasteiger partial charge in [0.25, 0.3) is 5.56 Å². The summed E-state index contributed by atoms with van der Waals surface area (Å²) in [5, 5.41) is 5.58. The van der Waals surface area contributed by atoms with Crippen LogP contribution in [0.25, 0.3) is 0 Å². The van der Waals surface area contributed by atoms with Gasteiger partial charge in [-0.05, 0) is 31.5 Å². The van der Waals surface area contributed by atoms with E-state index in [1.807, 2.05) is 31.2 Å². The van der Waals surface area contributed by atoms with Gasteiger partial charge in [-0.1, -0.05) is 18.2 Å². The number of amides is 2. The van der Waals surface area contributed by atoms with Gasteiger partial charge in [0.15, 0.2) is 0 Å². The van der Waals surface area contributed by atoms with Gasteiger partial charge in [-0.15, -0.1) is 0 Å². The minimum atomic E-state index is -0.390. The van der Waals surface area contributed by atoms with Crippen LogP contribution in [0.4, 0.5) is 10.5 Å². The van der Waals surface area contributed by atoms with Crippen LogP contribution in [0.2, 0.25) is 0 Å². The molecule has 24 heavy (non-hydrogen) atoms. The van der Waals surface area contributed by atoms with Crippen molar-refractivity contribution in [2.45, 2.75) is 25.8 Å². The molecule has 6 heteroatoms. The Bertz CT molecular complexity index is 828. The zero-order valence-electron chi connectivity index (χ0n) is 14.0. The number of fused-ring (bicyclic) bond motifs is 1. The molecule has 3 rings (SSSR count). The molecule has 0 fully saturated rings. The number of benzene rings is 1. The molecule has 1 aliphatic heterocycles. The number of ether oxygens (including phenoxy) is 1. The van der Waals surface area contributed by atoms with Gasteiger partial charge >= 0.3 is 6.03 Å². The summed E-state index contributed by atoms with van der Waals surface area (Å²) in [5.74, 6) is 0.955. The van der Waals surface area contributed by atoms with Crippen LogP contribution in [0.15, 0.2) is 41.3 Å². The van der Waals surface area contributed by atoms with Crippen LogP contribution in [0.5, 0.6) is 5.75 Å². The zero-order valence-corrected chi connectivity index (χ0v) is 14.0. The number of carbonyl (C=O) groups excluding carboxylic acids is 1. The average molecular weight is 327 g/mol. The Labute approximate surface area is 140 Å². The maximum absolute atomic E-state index is 12.3. The van der Waals surface area contributed by atoms with Crippen molar-refractivity contribution in [1.29, 1.82) is 0 Å². The molecule has 2 heterocycles. The lowest BCUT2D eigenvalue weighted by molar-refractivity contribution is 0.244. The van der Waals surface area contributed by atoms with Gasteiger partial charge in [0, 0.05) is 30.8 Å². The first-order chi connectivity index (χ1) is 11.5. The monoisotopic (exact) mass is 327 g/mol. The number of para-hydroxylation sites is 1. The van der Waals surface area contributed by atoms with Crippen molar-refractivity contribution in [3.8, 4) is 5.75 Å². The number of urea groups is 1. The number of nitrogens with zero attached hydrogens (tertiary/aromatic N) is 1. The molecule has 126 valence electrons. The van der Waals surface area contributed by atoms with Crippen molar-refractivity contribution >= 4 is 11.7 Å². The van der Waals surface area contributed by atoms with E-state index in [2.05, 4.69) is 10.6 Å². The van der Waals surface area contributed by atoms with Crippen molar-refractivity contribution in [2.24, 2.45) is 7.05 Å². The average Bonchev–Trinajstić information content (AvgIpc) is 2.99. The van der Waals surface area contributed by atoms with E-state index in [9.17, 15) is 9.59 Å². The van der Waals surface area contributed by atoms with Crippen LogP contribution >= 0.6 is 0 Å². The van der Waals surface area contributed by atoms with E-state index in [0.717, 1.165) is 16.9 Å². The third-order valence-electron chi connectivity index (χ3n) is 4.41. The fraction of sp³-hybridized carbons (Fsp3) is 0.333. The van der Waals surface area contributed by atoms with E-state index in [-0.39, 0.29) is 17.5 Å². The molecule has 1 aliphatic rings. The number of aromatic nitrogens is 1. The second kappa shape index (κ2) is 6.39. The highest BCUT2D eigenvalue weighted by Gasteiger charge is 2.29. The first-order valence-electron chi connectivity index (χ1n) is 7.93. The number of nitrogens with one attached hydrogen (secondary N) is 2. The highest BCUT2D eigenvalue weighted by molar-refractivity contribution is 5.90. The summed E-state index contributed by atoms with van der Waals surface area (Å²) >= 11 is 0. The number of rotatable bonds is 3. The third-order valence-corrected chi connectivity index (χ3v) is 4.41. The first-order valence-corrected chi connectivity index (χ1v) is 7.93. The standard InChI is InChI=1S/C18H21N3O3/c1-11-8-9-21(3)17(22)16(11)20-18(23)19-12(2)14-10-24-15-7-5-4-6-13(14)15/h4-9,12,14H,10H2,1-3H3,(H2,19,20,23). The number of pyridine rings is 1. The van der Waals surface area contributed by atoms with Crippen LogP contribution in [0, 0.1) is 6.92 Å². The predicted molar refractivity (Wildman–Crippen MR) is 92.7 cm³/mol. The smallest absolute Gasteiger partial charge is 0.319 e. The lowest BCUT2D eigenvalue weighted by Gasteiger charge is -2.20. The molecule has 0 spiro atoms. The molecule has 2 amide bonds. The van der Waals surface area contributed by atoms with Crippen LogP contribution < -0.4 is 20.9 Å². The van der Waals surface area contributed by atoms with Gasteiger partial charge in [0.1, 0.15) is 11.4 Å². The summed E-state index contributed by atoms with van der Waals surface area (Å²) in [6.45, 7) is 4.26. The minimum Gasteiger partial charge on any atom is -0.493 e. The highest BCUT2D eigenvalue weighted by atomic mass is 16.5. The van der Waals surface area contributed by atoms with Crippen molar-refractivity contribution in [1.82, 2.24) is 9.88 Å². The summed E-state index contributed by atoms with van der Waals surface area (Å²) in [6.07, 6.45) is 1.68. The van der Waals surface area contributed by atoms with Crippen molar-refractivity contribution in [3.63, 3.8) is 0 Å². The molecule has 0 aliphatic carbocycles. The van der Waals surface area contributed by atoms with Gasteiger partial charge in [0.2, 0.25) is 0 Å². The van der Waals surface area contributed by atoms with Gasteiger partial charge in [-0.2, -0.15) is 0 Å². The fourth-order valence-electron chi connectivity index (χ4n) is 2.93. The topological polar surface area (TPSA) is 72.4 Å². The number of hydrogen-bond donors (Lipinski definition) is 2. The highest BCUT2D eigenvalue weighted by Crippen LogP contribution is 2.35. The van der Waals surface area contributed by atoms with Crippen molar-refractivity contribution < 1.29 is 9.53 Å². The minimum absolute atomic E-state index is 0.0895. The van der Waals surface area contributed by atoms with Crippen LogP contribution in [0.3, 0.4) is 0 Å². The lowest BCUT2D eigenvalue weighted by atomic mass is 9.94. The Kier molecular flexibility index (Phi) is 4.29. The summed E-state index contributed by atoms with van der Waals surface area (Å²) in [7, 11) is 1.65. The van der Waals surface area contributed by atoms with Gasteiger partial charge in [-0.25, -0.2) is 4.79 Å². The van der Waals surface area contributed by atoms with E-state index in [4.69, 9.17) is 4.74 Å². The molecule has 2 unspecified atom stereocenters. The van der Waals surface area contributed by atoms with E-state index in [1.165, 1.54) is 4.57 Å². The number of hydrogen-bond acceptors (Lipinski definition) is 3. The SMILES string of the molecule is Cc1ccn(C)c(=O)c1NC(=O)NC(C)C1COc2ccccc21. The largest absolute Gasteiger partial charge is 0.493 e. The first kappa shape index (κ1) is 16.1. The Morgan fingerprint density at radius 3 is 2.88 bits per heavy atom. The maximum Gasteiger partial charge on any atom is 0.319 e. The predicted octanol–water partition coefficient (Wildman–Crippen LogP) is 2.38. The Morgan fingerprint density at radius 2 is 2.08 bits per heavy atom. The van der Waals surface area contributed by atoms with Gasteiger partial charge < -0.3 is 19.9 Å². The maximum atomic E-state index is 12.3. The number of anilines is 1. The molecule has 0 saturated carbocycles. The van der Waals surface area contributed by atoms with Crippen molar-refractivity contribution in [2.75, 3.05) is 11.9 Å². The van der Waals surface area contributed by atoms with Gasteiger partial charge in [-0.3, -0.25) is 4.79 Å². The molecule has 1 aromatic carbocycles. The lowest BCUT2D eigenvalue weighted by Crippen LogP contribution is -2.41. The third kappa shape index (κ3) is 2.99. The van der Waals surface area contributed by atoms with E-state index < -0.39 is 6.03 Å². The molecule has 0 bridgehead atoms. The normalized spacial score (nSPS) is 16.9. The molecule has 2 aromatic rings. The summed E-state index contributed by atoms with van der Waals surface area (Å²) in [5.41, 5.74) is 1.90. The van der Waals surface area contributed by atoms with Crippen LogP contribution in [-0.4, -0.2) is 23.2 Å². The molecule has 6 nitrogen and oxygen atoms in total. The molecule has 0 radical (unpaired) electrons. The summed E-state index contributed by atoms with van der Waals surface area (Å²) in [4.78, 5) is 24.4. The van der Waals surface area contributed by atoms with E-state index in [1.54, 1.807) is 26.2 Å². The van der Waals surface area contributed by atoms with E-state index in [0.29, 0.717) is 12.3 Å². The second-order valence-electron chi connectivity index (χ2n) is 6.13. The molecular weight excluding hydrogens is 306 g/mol. The summed E-state index contributed by atoms with van der Waals surface area (Å²) < 4.78 is 7.10. The summed E-state index contributed by atoms with van der Waals surface area (Å²) in [6, 6.07) is 9.12. The molecular formula is C18H21N3O3. The second-order valence-corrected chi connectivity index (χ2v) is 6.13. The Balaban J connectivity index is 1.70. The van der Waals surface area contributed by atoms with Crippen molar-refractivity contribution in [3.05, 3.63) is 58.0 Å². The number of carbonyl (C=O) groups is 1. The quantitative estimate of drug-likeness (QED) is 0.909. The Morgan fingerprint density at radius 1 is 1.33 bits per heavy atom. The molecule has 2 atom stereocenters. The molecule has 1 aromatic heterocycles. The molecule has 0 saturated heterocycles. The zero-order chi connectivity index (χ0) is 17.3. The van der Waals surface area contributed by atoms with Gasteiger partial charge in [0.05, 0.1) is 6.61 Å². The molecule has 2 N–H and O–H groups in total. The van der Waals surface area contributed by atoms with E-state index >= 15 is 0 Å². The number of aryl methyl sites for hydroxylation is 2. The fourth-order valence-corrected chi connectivity index (χ4v) is 2.93. The Hall–Kier alpha value is -2.76.